The van der Waals surface area contributed by atoms with E-state index in [1.165, 1.54) is 17.8 Å². The summed E-state index contributed by atoms with van der Waals surface area (Å²) in [6.45, 7) is 3.55. The number of benzene rings is 1. The minimum Gasteiger partial charge on any atom is -0.314 e. The summed E-state index contributed by atoms with van der Waals surface area (Å²) in [5.41, 5.74) is 4.82. The van der Waals surface area contributed by atoms with Crippen LogP contribution in [-0.2, 0) is 0 Å². The van der Waals surface area contributed by atoms with Gasteiger partial charge in [-0.05, 0) is 31.5 Å². The van der Waals surface area contributed by atoms with Crippen molar-refractivity contribution in [2.45, 2.75) is 36.0 Å². The summed E-state index contributed by atoms with van der Waals surface area (Å²) in [6.07, 6.45) is 0.479. The molecule has 0 fully saturated rings. The molecule has 0 bridgehead atoms. The first kappa shape index (κ1) is 13.9. The molecule has 2 atom stereocenters. The Hall–Kier alpha value is -1.12. The Bertz CT molecular complexity index is 441. The molecule has 0 aliphatic rings. The molecule has 2 nitrogen and oxygen atoms in total. The zero-order valence-corrected chi connectivity index (χ0v) is 10.5. The number of rotatable bonds is 4. The molecule has 0 spiro atoms. The van der Waals surface area contributed by atoms with Crippen LogP contribution in [0.5, 0.6) is 0 Å². The van der Waals surface area contributed by atoms with Crippen LogP contribution in [-0.4, -0.2) is 10.8 Å². The molecule has 2 N–H and O–H groups in total. The second kappa shape index (κ2) is 5.48. The van der Waals surface area contributed by atoms with Crippen LogP contribution in [0, 0.1) is 23.0 Å². The van der Waals surface area contributed by atoms with Gasteiger partial charge in [0.25, 0.3) is 0 Å². The van der Waals surface area contributed by atoms with Gasteiger partial charge in [-0.2, -0.15) is 5.26 Å². The monoisotopic (exact) mass is 256 g/mol. The lowest BCUT2D eigenvalue weighted by atomic mass is 10.00. The fourth-order valence-corrected chi connectivity index (χ4v) is 2.68. The molecule has 5 heteroatoms. The molecular formula is C12H14F2N2S. The first-order valence-electron chi connectivity index (χ1n) is 5.16. The molecule has 0 aliphatic carbocycles. The Labute approximate surface area is 104 Å². The van der Waals surface area contributed by atoms with E-state index in [0.717, 1.165) is 12.1 Å². The summed E-state index contributed by atoms with van der Waals surface area (Å²) in [5, 5.41) is 8.85. The Balaban J connectivity index is 2.66. The Kier molecular flexibility index (Phi) is 4.49. The highest BCUT2D eigenvalue weighted by atomic mass is 32.2. The fourth-order valence-electron chi connectivity index (χ4n) is 1.47. The lowest BCUT2D eigenvalue weighted by Gasteiger charge is -2.20. The third-order valence-electron chi connectivity index (χ3n) is 2.20. The van der Waals surface area contributed by atoms with E-state index in [1.54, 1.807) is 6.92 Å². The van der Waals surface area contributed by atoms with Gasteiger partial charge < -0.3 is 5.73 Å². The number of nitriles is 1. The molecule has 1 aromatic carbocycles. The number of hydrogen-bond acceptors (Lipinski definition) is 3. The number of thioether (sulfide) groups is 1. The molecule has 1 rings (SSSR count). The van der Waals surface area contributed by atoms with E-state index < -0.39 is 17.2 Å². The second-order valence-corrected chi connectivity index (χ2v) is 5.75. The maximum atomic E-state index is 13.0. The topological polar surface area (TPSA) is 49.8 Å². The quantitative estimate of drug-likeness (QED) is 0.842. The Morgan fingerprint density at radius 1 is 1.47 bits per heavy atom. The molecule has 2 unspecified atom stereocenters. The standard InChI is InChI=1S/C12H14F2N2S/c1-8(6-12(2,16)7-15)17-9-3-4-10(13)11(14)5-9/h3-5,8H,6,16H2,1-2H3. The highest BCUT2D eigenvalue weighted by molar-refractivity contribution is 7.99. The molecular weight excluding hydrogens is 242 g/mol. The first-order valence-corrected chi connectivity index (χ1v) is 6.04. The zero-order valence-electron chi connectivity index (χ0n) is 9.71. The minimum atomic E-state index is -0.898. The lowest BCUT2D eigenvalue weighted by Crippen LogP contribution is -2.36. The summed E-state index contributed by atoms with van der Waals surface area (Å²) >= 11 is 1.37. The van der Waals surface area contributed by atoms with Crippen LogP contribution >= 0.6 is 11.8 Å². The zero-order chi connectivity index (χ0) is 13.1. The second-order valence-electron chi connectivity index (χ2n) is 4.24. The van der Waals surface area contributed by atoms with Crippen LogP contribution in [0.1, 0.15) is 20.3 Å². The van der Waals surface area contributed by atoms with Gasteiger partial charge >= 0.3 is 0 Å². The van der Waals surface area contributed by atoms with Crippen molar-refractivity contribution in [3.05, 3.63) is 29.8 Å². The molecule has 92 valence electrons. The Morgan fingerprint density at radius 2 is 2.12 bits per heavy atom. The van der Waals surface area contributed by atoms with Crippen molar-refractivity contribution in [1.29, 1.82) is 5.26 Å². The van der Waals surface area contributed by atoms with Gasteiger partial charge in [0.2, 0.25) is 0 Å². The normalized spacial score (nSPS) is 16.0. The molecule has 0 aliphatic heterocycles. The van der Waals surface area contributed by atoms with Crippen molar-refractivity contribution in [3.63, 3.8) is 0 Å². The Morgan fingerprint density at radius 3 is 2.65 bits per heavy atom. The van der Waals surface area contributed by atoms with E-state index in [0.29, 0.717) is 11.3 Å². The van der Waals surface area contributed by atoms with E-state index >= 15 is 0 Å². The SMILES string of the molecule is CC(CC(C)(N)C#N)Sc1ccc(F)c(F)c1. The van der Waals surface area contributed by atoms with Gasteiger partial charge in [0.1, 0.15) is 5.54 Å². The number of halogens is 2. The summed E-state index contributed by atoms with van der Waals surface area (Å²) < 4.78 is 25.7. The van der Waals surface area contributed by atoms with Gasteiger partial charge in [0, 0.05) is 10.1 Å². The van der Waals surface area contributed by atoms with Crippen LogP contribution in [0.3, 0.4) is 0 Å². The molecule has 0 saturated heterocycles. The van der Waals surface area contributed by atoms with Crippen LogP contribution in [0.15, 0.2) is 23.1 Å². The third kappa shape index (κ3) is 4.33. The predicted molar refractivity (Wildman–Crippen MR) is 64.5 cm³/mol. The van der Waals surface area contributed by atoms with Crippen molar-refractivity contribution in [2.24, 2.45) is 5.73 Å². The molecule has 0 aromatic heterocycles. The fraction of sp³-hybridized carbons (Fsp3) is 0.417. The van der Waals surface area contributed by atoms with Crippen molar-refractivity contribution in [3.8, 4) is 6.07 Å². The smallest absolute Gasteiger partial charge is 0.159 e. The molecule has 0 heterocycles. The van der Waals surface area contributed by atoms with Gasteiger partial charge in [0.15, 0.2) is 11.6 Å². The van der Waals surface area contributed by atoms with E-state index in [1.807, 2.05) is 13.0 Å². The maximum absolute atomic E-state index is 13.0. The highest BCUT2D eigenvalue weighted by Gasteiger charge is 2.21. The van der Waals surface area contributed by atoms with Crippen LogP contribution in [0.2, 0.25) is 0 Å². The van der Waals surface area contributed by atoms with E-state index in [4.69, 9.17) is 11.0 Å². The highest BCUT2D eigenvalue weighted by Crippen LogP contribution is 2.28. The van der Waals surface area contributed by atoms with E-state index in [-0.39, 0.29) is 5.25 Å². The summed E-state index contributed by atoms with van der Waals surface area (Å²) in [4.78, 5) is 0.630. The predicted octanol–water partition coefficient (Wildman–Crippen LogP) is 3.08. The van der Waals surface area contributed by atoms with Gasteiger partial charge in [-0.3, -0.25) is 0 Å². The molecule has 1 aromatic rings. The summed E-state index contributed by atoms with van der Waals surface area (Å²) in [7, 11) is 0. The number of nitrogens with zero attached hydrogens (tertiary/aromatic N) is 1. The van der Waals surface area contributed by atoms with Gasteiger partial charge in [-0.25, -0.2) is 8.78 Å². The lowest BCUT2D eigenvalue weighted by molar-refractivity contribution is 0.505. The van der Waals surface area contributed by atoms with Crippen molar-refractivity contribution < 1.29 is 8.78 Å². The first-order chi connectivity index (χ1) is 7.84. The van der Waals surface area contributed by atoms with E-state index in [9.17, 15) is 8.78 Å². The molecule has 0 amide bonds. The minimum absolute atomic E-state index is 0.0505. The average molecular weight is 256 g/mol. The van der Waals surface area contributed by atoms with Gasteiger partial charge in [-0.15, -0.1) is 11.8 Å². The molecule has 0 radical (unpaired) electrons. The van der Waals surface area contributed by atoms with Crippen LogP contribution in [0.25, 0.3) is 0 Å². The summed E-state index contributed by atoms with van der Waals surface area (Å²) in [5.74, 6) is -1.72. The maximum Gasteiger partial charge on any atom is 0.159 e. The summed E-state index contributed by atoms with van der Waals surface area (Å²) in [6, 6.07) is 5.77. The van der Waals surface area contributed by atoms with Crippen LogP contribution < -0.4 is 5.73 Å². The number of nitrogens with two attached hydrogens (primary N) is 1. The van der Waals surface area contributed by atoms with Gasteiger partial charge in [0.05, 0.1) is 6.07 Å². The van der Waals surface area contributed by atoms with Crippen LogP contribution in [0.4, 0.5) is 8.78 Å². The van der Waals surface area contributed by atoms with Crippen molar-refractivity contribution in [2.75, 3.05) is 0 Å². The molecule has 0 saturated carbocycles. The average Bonchev–Trinajstić information content (AvgIpc) is 2.23. The largest absolute Gasteiger partial charge is 0.314 e. The van der Waals surface area contributed by atoms with Crippen molar-refractivity contribution in [1.82, 2.24) is 0 Å². The van der Waals surface area contributed by atoms with Crippen molar-refractivity contribution >= 4 is 11.8 Å². The molecule has 17 heavy (non-hydrogen) atoms. The van der Waals surface area contributed by atoms with Gasteiger partial charge in [-0.1, -0.05) is 6.92 Å². The third-order valence-corrected chi connectivity index (χ3v) is 3.29. The van der Waals surface area contributed by atoms with E-state index in [2.05, 4.69) is 0 Å². The number of hydrogen-bond donors (Lipinski definition) is 1.